The van der Waals surface area contributed by atoms with Crippen LogP contribution in [0.1, 0.15) is 5.69 Å². The Kier molecular flexibility index (Phi) is 4.47. The molecule has 0 saturated carbocycles. The van der Waals surface area contributed by atoms with Crippen molar-refractivity contribution >= 4 is 17.3 Å². The van der Waals surface area contributed by atoms with Gasteiger partial charge in [0, 0.05) is 36.4 Å². The first-order valence-corrected chi connectivity index (χ1v) is 6.34. The Morgan fingerprint density at radius 1 is 1.24 bits per heavy atom. The van der Waals surface area contributed by atoms with E-state index >= 15 is 0 Å². The Labute approximate surface area is 121 Å². The molecule has 2 aromatic rings. The molecule has 0 bridgehead atoms. The van der Waals surface area contributed by atoms with Crippen molar-refractivity contribution < 1.29 is 13.6 Å². The van der Waals surface area contributed by atoms with Crippen molar-refractivity contribution in [1.82, 2.24) is 4.98 Å². The minimum absolute atomic E-state index is 0.0571. The lowest BCUT2D eigenvalue weighted by Gasteiger charge is -2.19. The molecule has 0 radical (unpaired) electrons. The van der Waals surface area contributed by atoms with Gasteiger partial charge in [-0.25, -0.2) is 8.78 Å². The van der Waals surface area contributed by atoms with Gasteiger partial charge in [-0.3, -0.25) is 9.78 Å². The molecule has 0 saturated heterocycles. The van der Waals surface area contributed by atoms with E-state index in [1.807, 2.05) is 13.0 Å². The van der Waals surface area contributed by atoms with Crippen LogP contribution in [0.15, 0.2) is 36.5 Å². The maximum atomic E-state index is 13.0. The van der Waals surface area contributed by atoms with Crippen LogP contribution in [-0.2, 0) is 4.79 Å². The Bertz CT molecular complexity index is 641. The van der Waals surface area contributed by atoms with E-state index in [-0.39, 0.29) is 18.1 Å². The molecule has 0 aliphatic rings. The molecule has 1 aromatic carbocycles. The number of amides is 1. The Morgan fingerprint density at radius 2 is 1.90 bits per heavy atom. The van der Waals surface area contributed by atoms with Gasteiger partial charge in [0.05, 0.1) is 6.54 Å². The van der Waals surface area contributed by atoms with Gasteiger partial charge in [0.1, 0.15) is 11.6 Å². The van der Waals surface area contributed by atoms with Gasteiger partial charge in [0.25, 0.3) is 0 Å². The van der Waals surface area contributed by atoms with E-state index in [1.165, 1.54) is 0 Å². The Morgan fingerprint density at radius 3 is 2.52 bits per heavy atom. The highest BCUT2D eigenvalue weighted by Crippen LogP contribution is 2.14. The fraction of sp³-hybridized carbons (Fsp3) is 0.200. The number of aromatic nitrogens is 1. The molecule has 21 heavy (non-hydrogen) atoms. The quantitative estimate of drug-likeness (QED) is 0.942. The van der Waals surface area contributed by atoms with E-state index < -0.39 is 11.6 Å². The summed E-state index contributed by atoms with van der Waals surface area (Å²) >= 11 is 0. The van der Waals surface area contributed by atoms with Crippen molar-refractivity contribution in [2.24, 2.45) is 0 Å². The molecule has 6 heteroatoms. The summed E-state index contributed by atoms with van der Waals surface area (Å²) in [7, 11) is 1.75. The summed E-state index contributed by atoms with van der Waals surface area (Å²) in [6.07, 6.45) is 1.65. The zero-order valence-electron chi connectivity index (χ0n) is 11.7. The highest BCUT2D eigenvalue weighted by atomic mass is 19.1. The molecule has 1 amide bonds. The van der Waals surface area contributed by atoms with Gasteiger partial charge >= 0.3 is 0 Å². The molecule has 0 aliphatic carbocycles. The minimum atomic E-state index is -0.733. The third-order valence-electron chi connectivity index (χ3n) is 2.85. The summed E-state index contributed by atoms with van der Waals surface area (Å²) in [5.41, 5.74) is 1.77. The standard InChI is InChI=1S/C15H15F2N3O/c1-10-5-14(3-4-18-10)20(2)9-15(21)19-13-7-11(16)6-12(17)8-13/h3-8H,9H2,1-2H3,(H,19,21). The number of aryl methyl sites for hydroxylation is 1. The van der Waals surface area contributed by atoms with E-state index in [9.17, 15) is 13.6 Å². The van der Waals surface area contributed by atoms with E-state index in [2.05, 4.69) is 10.3 Å². The highest BCUT2D eigenvalue weighted by molar-refractivity contribution is 5.94. The number of halogens is 2. The number of carbonyl (C=O) groups excluding carboxylic acids is 1. The lowest BCUT2D eigenvalue weighted by molar-refractivity contribution is -0.114. The zero-order chi connectivity index (χ0) is 15.4. The van der Waals surface area contributed by atoms with Crippen molar-refractivity contribution in [3.8, 4) is 0 Å². The highest BCUT2D eigenvalue weighted by Gasteiger charge is 2.09. The van der Waals surface area contributed by atoms with Crippen molar-refractivity contribution in [3.05, 3.63) is 53.9 Å². The van der Waals surface area contributed by atoms with E-state index in [0.717, 1.165) is 29.6 Å². The molecular formula is C15H15F2N3O. The Balaban J connectivity index is 2.01. The smallest absolute Gasteiger partial charge is 0.243 e. The van der Waals surface area contributed by atoms with Gasteiger partial charge in [0.15, 0.2) is 0 Å². The fourth-order valence-electron chi connectivity index (χ4n) is 1.90. The Hall–Kier alpha value is -2.50. The first-order chi connectivity index (χ1) is 9.94. The molecule has 1 heterocycles. The zero-order valence-corrected chi connectivity index (χ0v) is 11.7. The van der Waals surface area contributed by atoms with Gasteiger partial charge in [-0.05, 0) is 31.2 Å². The second kappa shape index (κ2) is 6.30. The first-order valence-electron chi connectivity index (χ1n) is 6.34. The summed E-state index contributed by atoms with van der Waals surface area (Å²) in [4.78, 5) is 17.7. The molecule has 0 atom stereocenters. The van der Waals surface area contributed by atoms with Crippen LogP contribution in [0.3, 0.4) is 0 Å². The minimum Gasteiger partial charge on any atom is -0.365 e. The first kappa shape index (κ1) is 14.9. The number of nitrogens with one attached hydrogen (secondary N) is 1. The molecule has 0 aliphatic heterocycles. The fourth-order valence-corrected chi connectivity index (χ4v) is 1.90. The largest absolute Gasteiger partial charge is 0.365 e. The third kappa shape index (κ3) is 4.24. The lowest BCUT2D eigenvalue weighted by atomic mass is 10.3. The maximum absolute atomic E-state index is 13.0. The van der Waals surface area contributed by atoms with Crippen molar-refractivity contribution in [3.63, 3.8) is 0 Å². The monoisotopic (exact) mass is 291 g/mol. The molecule has 4 nitrogen and oxygen atoms in total. The predicted octanol–water partition coefficient (Wildman–Crippen LogP) is 2.74. The van der Waals surface area contributed by atoms with Gasteiger partial charge in [-0.1, -0.05) is 0 Å². The number of rotatable bonds is 4. The van der Waals surface area contributed by atoms with Crippen molar-refractivity contribution in [1.29, 1.82) is 0 Å². The molecule has 2 rings (SSSR count). The van der Waals surface area contributed by atoms with Crippen LogP contribution < -0.4 is 10.2 Å². The van der Waals surface area contributed by atoms with Crippen LogP contribution in [-0.4, -0.2) is 24.5 Å². The predicted molar refractivity (Wildman–Crippen MR) is 77.2 cm³/mol. The molecular weight excluding hydrogens is 276 g/mol. The van der Waals surface area contributed by atoms with Crippen LogP contribution in [0.2, 0.25) is 0 Å². The molecule has 1 aromatic heterocycles. The van der Waals surface area contributed by atoms with Crippen LogP contribution in [0.25, 0.3) is 0 Å². The maximum Gasteiger partial charge on any atom is 0.243 e. The van der Waals surface area contributed by atoms with E-state index in [1.54, 1.807) is 24.2 Å². The molecule has 110 valence electrons. The number of pyridine rings is 1. The normalized spacial score (nSPS) is 10.3. The average Bonchev–Trinajstić information content (AvgIpc) is 2.37. The molecule has 0 spiro atoms. The van der Waals surface area contributed by atoms with Crippen molar-refractivity contribution in [2.75, 3.05) is 23.8 Å². The second-order valence-corrected chi connectivity index (χ2v) is 4.72. The average molecular weight is 291 g/mol. The topological polar surface area (TPSA) is 45.2 Å². The van der Waals surface area contributed by atoms with Crippen LogP contribution in [0.5, 0.6) is 0 Å². The van der Waals surface area contributed by atoms with Gasteiger partial charge in [-0.2, -0.15) is 0 Å². The molecule has 1 N–H and O–H groups in total. The van der Waals surface area contributed by atoms with Crippen LogP contribution in [0.4, 0.5) is 20.2 Å². The van der Waals surface area contributed by atoms with Crippen molar-refractivity contribution in [2.45, 2.75) is 6.92 Å². The van der Waals surface area contributed by atoms with Crippen LogP contribution in [0, 0.1) is 18.6 Å². The van der Waals surface area contributed by atoms with Gasteiger partial charge in [0.2, 0.25) is 5.91 Å². The lowest BCUT2D eigenvalue weighted by Crippen LogP contribution is -2.30. The number of hydrogen-bond donors (Lipinski definition) is 1. The summed E-state index contributed by atoms with van der Waals surface area (Å²) in [5.74, 6) is -1.83. The van der Waals surface area contributed by atoms with E-state index in [0.29, 0.717) is 0 Å². The van der Waals surface area contributed by atoms with Gasteiger partial charge in [-0.15, -0.1) is 0 Å². The number of anilines is 2. The summed E-state index contributed by atoms with van der Waals surface area (Å²) in [6.45, 7) is 1.91. The number of hydrogen-bond acceptors (Lipinski definition) is 3. The molecule has 0 fully saturated rings. The van der Waals surface area contributed by atoms with E-state index in [4.69, 9.17) is 0 Å². The summed E-state index contributed by atoms with van der Waals surface area (Å²) < 4.78 is 26.1. The van der Waals surface area contributed by atoms with Gasteiger partial charge < -0.3 is 10.2 Å². The number of carbonyl (C=O) groups is 1. The number of likely N-dealkylation sites (N-methyl/N-ethyl adjacent to an activating group) is 1. The second-order valence-electron chi connectivity index (χ2n) is 4.72. The number of benzene rings is 1. The summed E-state index contributed by atoms with van der Waals surface area (Å²) in [6, 6.07) is 6.51. The number of nitrogens with zero attached hydrogens (tertiary/aromatic N) is 2. The SMILES string of the molecule is Cc1cc(N(C)CC(=O)Nc2cc(F)cc(F)c2)ccn1. The summed E-state index contributed by atoms with van der Waals surface area (Å²) in [5, 5.41) is 2.46. The molecule has 0 unspecified atom stereocenters. The van der Waals surface area contributed by atoms with Crippen LogP contribution >= 0.6 is 0 Å². The third-order valence-corrected chi connectivity index (χ3v) is 2.85.